The average molecular weight is 445 g/mol. The normalized spacial score (nSPS) is 12.0. The second kappa shape index (κ2) is 14.9. The maximum atomic E-state index is 11.8. The van der Waals surface area contributed by atoms with E-state index in [1.807, 2.05) is 58.9 Å². The molecule has 2 aromatic carbocycles. The number of hydrogen-bond acceptors (Lipinski definition) is 5. The number of para-hydroxylation sites is 4. The Bertz CT molecular complexity index is 841. The maximum absolute atomic E-state index is 11.8. The lowest BCUT2D eigenvalue weighted by Crippen LogP contribution is -2.20. The summed E-state index contributed by atoms with van der Waals surface area (Å²) in [6.45, 7) is 10.4. The molecule has 0 aliphatic carbocycles. The van der Waals surface area contributed by atoms with Crippen molar-refractivity contribution in [3.05, 3.63) is 48.5 Å². The third-order valence-corrected chi connectivity index (χ3v) is 4.93. The molecular weight excluding hydrogens is 408 g/mol. The smallest absolute Gasteiger partial charge is 0.227 e. The molecular formula is C25H36N2O5. The van der Waals surface area contributed by atoms with Crippen LogP contribution in [0.25, 0.3) is 0 Å². The van der Waals surface area contributed by atoms with Crippen LogP contribution in [0, 0.1) is 11.8 Å². The highest BCUT2D eigenvalue weighted by molar-refractivity contribution is 5.94. The summed E-state index contributed by atoms with van der Waals surface area (Å²) in [7, 11) is 0. The molecule has 0 radical (unpaired) electrons. The number of aromatic hydroxyl groups is 1. The van der Waals surface area contributed by atoms with Gasteiger partial charge in [0.2, 0.25) is 11.8 Å². The number of phenols is 1. The first-order chi connectivity index (χ1) is 15.3. The SMILES string of the molecule is CCC(C)C(=O)Nc1ccccc1O.CCOCOc1ccccc1NC(=O)C(C)CC. The van der Waals surface area contributed by atoms with Crippen molar-refractivity contribution in [2.75, 3.05) is 24.0 Å². The lowest BCUT2D eigenvalue weighted by atomic mass is 10.1. The minimum absolute atomic E-state index is 0.00459. The Morgan fingerprint density at radius 1 is 0.844 bits per heavy atom. The minimum atomic E-state index is -0.0611. The van der Waals surface area contributed by atoms with Gasteiger partial charge < -0.3 is 25.2 Å². The van der Waals surface area contributed by atoms with Gasteiger partial charge >= 0.3 is 0 Å². The number of hydrogen-bond donors (Lipinski definition) is 3. The lowest BCUT2D eigenvalue weighted by Gasteiger charge is -2.14. The highest BCUT2D eigenvalue weighted by Crippen LogP contribution is 2.24. The van der Waals surface area contributed by atoms with Crippen molar-refractivity contribution in [2.45, 2.75) is 47.5 Å². The van der Waals surface area contributed by atoms with Gasteiger partial charge in [0.1, 0.15) is 11.5 Å². The van der Waals surface area contributed by atoms with E-state index in [1.165, 1.54) is 0 Å². The fourth-order valence-electron chi connectivity index (χ4n) is 2.35. The number of carbonyl (C=O) groups is 2. The molecule has 2 rings (SSSR count). The number of nitrogens with one attached hydrogen (secondary N) is 2. The molecule has 0 saturated carbocycles. The van der Waals surface area contributed by atoms with Gasteiger partial charge in [0.25, 0.3) is 0 Å². The van der Waals surface area contributed by atoms with E-state index in [1.54, 1.807) is 24.3 Å². The van der Waals surface area contributed by atoms with Crippen LogP contribution in [-0.4, -0.2) is 30.3 Å². The predicted molar refractivity (Wildman–Crippen MR) is 128 cm³/mol. The summed E-state index contributed by atoms with van der Waals surface area (Å²) in [6, 6.07) is 14.1. The second-order valence-electron chi connectivity index (χ2n) is 7.37. The first-order valence-corrected chi connectivity index (χ1v) is 11.0. The molecule has 0 aliphatic heterocycles. The Kier molecular flexibility index (Phi) is 12.5. The van der Waals surface area contributed by atoms with E-state index in [0.717, 1.165) is 12.8 Å². The zero-order valence-corrected chi connectivity index (χ0v) is 19.7. The number of rotatable bonds is 10. The topological polar surface area (TPSA) is 96.9 Å². The fourth-order valence-corrected chi connectivity index (χ4v) is 2.35. The fraction of sp³-hybridized carbons (Fsp3) is 0.440. The molecule has 0 fully saturated rings. The number of anilines is 2. The summed E-state index contributed by atoms with van der Waals surface area (Å²) in [6.07, 6.45) is 1.60. The van der Waals surface area contributed by atoms with Crippen LogP contribution in [0.4, 0.5) is 11.4 Å². The summed E-state index contributed by atoms with van der Waals surface area (Å²) in [4.78, 5) is 23.3. The number of amides is 2. The van der Waals surface area contributed by atoms with E-state index in [9.17, 15) is 14.7 Å². The highest BCUT2D eigenvalue weighted by Gasteiger charge is 2.13. The van der Waals surface area contributed by atoms with Gasteiger partial charge in [-0.3, -0.25) is 9.59 Å². The van der Waals surface area contributed by atoms with Crippen molar-refractivity contribution in [3.8, 4) is 11.5 Å². The van der Waals surface area contributed by atoms with Gasteiger partial charge in [-0.2, -0.15) is 0 Å². The molecule has 0 aliphatic rings. The number of phenolic OH excluding ortho intramolecular Hbond substituents is 1. The number of benzene rings is 2. The van der Waals surface area contributed by atoms with E-state index in [-0.39, 0.29) is 36.2 Å². The molecule has 0 spiro atoms. The van der Waals surface area contributed by atoms with Gasteiger partial charge in [0.05, 0.1) is 11.4 Å². The molecule has 0 saturated heterocycles. The Morgan fingerprint density at radius 3 is 1.88 bits per heavy atom. The molecule has 0 aromatic heterocycles. The molecule has 3 N–H and O–H groups in total. The van der Waals surface area contributed by atoms with Crippen LogP contribution >= 0.6 is 0 Å². The Labute approximate surface area is 191 Å². The van der Waals surface area contributed by atoms with Crippen LogP contribution in [0.2, 0.25) is 0 Å². The van der Waals surface area contributed by atoms with E-state index >= 15 is 0 Å². The van der Waals surface area contributed by atoms with Crippen molar-refractivity contribution in [1.82, 2.24) is 0 Å². The van der Waals surface area contributed by atoms with Crippen LogP contribution in [0.3, 0.4) is 0 Å². The van der Waals surface area contributed by atoms with E-state index in [4.69, 9.17) is 9.47 Å². The van der Waals surface area contributed by atoms with Gasteiger partial charge in [-0.05, 0) is 44.0 Å². The summed E-state index contributed by atoms with van der Waals surface area (Å²) >= 11 is 0. The van der Waals surface area contributed by atoms with Crippen molar-refractivity contribution in [2.24, 2.45) is 11.8 Å². The second-order valence-corrected chi connectivity index (χ2v) is 7.37. The quantitative estimate of drug-likeness (QED) is 0.258. The zero-order chi connectivity index (χ0) is 23.9. The first-order valence-electron chi connectivity index (χ1n) is 11.0. The van der Waals surface area contributed by atoms with Crippen LogP contribution in [0.1, 0.15) is 47.5 Å². The molecule has 176 valence electrons. The largest absolute Gasteiger partial charge is 0.506 e. The summed E-state index contributed by atoms with van der Waals surface area (Å²) in [5.41, 5.74) is 1.15. The lowest BCUT2D eigenvalue weighted by molar-refractivity contribution is -0.120. The number of ether oxygens (including phenoxy) is 2. The first kappa shape index (κ1) is 27.0. The van der Waals surface area contributed by atoms with Gasteiger partial charge in [-0.15, -0.1) is 0 Å². The van der Waals surface area contributed by atoms with Crippen molar-refractivity contribution >= 4 is 23.2 Å². The van der Waals surface area contributed by atoms with Gasteiger partial charge in [0.15, 0.2) is 6.79 Å². The summed E-state index contributed by atoms with van der Waals surface area (Å²) in [5.74, 6) is 0.630. The molecule has 7 nitrogen and oxygen atoms in total. The molecule has 2 atom stereocenters. The molecule has 32 heavy (non-hydrogen) atoms. The van der Waals surface area contributed by atoms with E-state index in [0.29, 0.717) is 23.7 Å². The Morgan fingerprint density at radius 2 is 1.34 bits per heavy atom. The molecule has 2 aromatic rings. The zero-order valence-electron chi connectivity index (χ0n) is 19.7. The molecule has 2 amide bonds. The van der Waals surface area contributed by atoms with Gasteiger partial charge in [0, 0.05) is 18.4 Å². The van der Waals surface area contributed by atoms with Crippen LogP contribution in [0.15, 0.2) is 48.5 Å². The molecule has 0 heterocycles. The highest BCUT2D eigenvalue weighted by atomic mass is 16.7. The van der Waals surface area contributed by atoms with Crippen LogP contribution < -0.4 is 15.4 Å². The van der Waals surface area contributed by atoms with E-state index < -0.39 is 0 Å². The summed E-state index contributed by atoms with van der Waals surface area (Å²) in [5, 5.41) is 14.9. The standard InChI is InChI=1S/C14H21NO3.C11H15NO2/c1-4-11(3)14(16)15-12-8-6-7-9-13(12)18-10-17-5-2;1-3-8(2)11(14)12-9-6-4-5-7-10(9)13/h6-9,11H,4-5,10H2,1-3H3,(H,15,16);4-8,13H,3H2,1-2H3,(H,12,14). The Hall–Kier alpha value is -3.06. The van der Waals surface area contributed by atoms with E-state index in [2.05, 4.69) is 10.6 Å². The van der Waals surface area contributed by atoms with Crippen molar-refractivity contribution in [1.29, 1.82) is 0 Å². The average Bonchev–Trinajstić information content (AvgIpc) is 2.81. The number of carbonyl (C=O) groups excluding carboxylic acids is 2. The van der Waals surface area contributed by atoms with Crippen LogP contribution in [-0.2, 0) is 14.3 Å². The third kappa shape index (κ3) is 9.39. The molecule has 7 heteroatoms. The van der Waals surface area contributed by atoms with Gasteiger partial charge in [-0.1, -0.05) is 52.0 Å². The van der Waals surface area contributed by atoms with Crippen LogP contribution in [0.5, 0.6) is 11.5 Å². The van der Waals surface area contributed by atoms with Gasteiger partial charge in [-0.25, -0.2) is 0 Å². The maximum Gasteiger partial charge on any atom is 0.227 e. The predicted octanol–water partition coefficient (Wildman–Crippen LogP) is 5.42. The monoisotopic (exact) mass is 444 g/mol. The molecule has 0 bridgehead atoms. The third-order valence-electron chi connectivity index (χ3n) is 4.93. The Balaban J connectivity index is 0.000000330. The van der Waals surface area contributed by atoms with Crippen molar-refractivity contribution in [3.63, 3.8) is 0 Å². The minimum Gasteiger partial charge on any atom is -0.506 e. The van der Waals surface area contributed by atoms with Crippen molar-refractivity contribution < 1.29 is 24.2 Å². The molecule has 2 unspecified atom stereocenters. The summed E-state index contributed by atoms with van der Waals surface area (Å²) < 4.78 is 10.6.